The van der Waals surface area contributed by atoms with Crippen molar-refractivity contribution in [3.8, 4) is 0 Å². The molecule has 64 valence electrons. The number of aryl methyl sites for hydroxylation is 1. The zero-order valence-corrected chi connectivity index (χ0v) is 6.90. The summed E-state index contributed by atoms with van der Waals surface area (Å²) in [6, 6.07) is 7.89. The summed E-state index contributed by atoms with van der Waals surface area (Å²) in [6.07, 6.45) is 1.38. The lowest BCUT2D eigenvalue weighted by molar-refractivity contribution is 0.128. The van der Waals surface area contributed by atoms with E-state index in [1.807, 2.05) is 18.2 Å². The first-order valence-corrected chi connectivity index (χ1v) is 4.30. The van der Waals surface area contributed by atoms with E-state index in [1.54, 1.807) is 0 Å². The van der Waals surface area contributed by atoms with Crippen LogP contribution in [0, 0.1) is 0 Å². The van der Waals surface area contributed by atoms with Crippen LogP contribution >= 0.6 is 0 Å². The highest BCUT2D eigenvalue weighted by Gasteiger charge is 2.23. The van der Waals surface area contributed by atoms with Crippen molar-refractivity contribution < 1.29 is 5.11 Å². The van der Waals surface area contributed by atoms with Gasteiger partial charge in [-0.05, 0) is 24.0 Å². The molecule has 1 aromatic rings. The molecule has 1 aliphatic rings. The fourth-order valence-electron chi connectivity index (χ4n) is 1.78. The summed E-state index contributed by atoms with van der Waals surface area (Å²) < 4.78 is 0. The fourth-order valence-corrected chi connectivity index (χ4v) is 1.78. The maximum atomic E-state index is 9.50. The molecule has 0 unspecified atom stereocenters. The molecule has 0 spiro atoms. The highest BCUT2D eigenvalue weighted by molar-refractivity contribution is 5.32. The van der Waals surface area contributed by atoms with Gasteiger partial charge in [0.25, 0.3) is 0 Å². The molecule has 1 aromatic carbocycles. The molecule has 2 atom stereocenters. The molecule has 2 heteroatoms. The Balaban J connectivity index is 2.42. The average molecular weight is 163 g/mol. The number of rotatable bonds is 0. The number of hydrogen-bond acceptors (Lipinski definition) is 2. The Kier molecular flexibility index (Phi) is 1.87. The SMILES string of the molecule is N[C@H]1c2ccccc2CC[C@@H]1O. The molecule has 3 N–H and O–H groups in total. The summed E-state index contributed by atoms with van der Waals surface area (Å²) in [6.45, 7) is 0. The summed E-state index contributed by atoms with van der Waals surface area (Å²) in [5.41, 5.74) is 8.23. The Morgan fingerprint density at radius 1 is 1.33 bits per heavy atom. The first-order valence-electron chi connectivity index (χ1n) is 4.30. The summed E-state index contributed by atoms with van der Waals surface area (Å²) >= 11 is 0. The van der Waals surface area contributed by atoms with Crippen LogP contribution in [0.1, 0.15) is 23.6 Å². The van der Waals surface area contributed by atoms with E-state index in [2.05, 4.69) is 6.07 Å². The zero-order valence-electron chi connectivity index (χ0n) is 6.90. The van der Waals surface area contributed by atoms with E-state index < -0.39 is 0 Å². The summed E-state index contributed by atoms with van der Waals surface area (Å²) in [4.78, 5) is 0. The minimum Gasteiger partial charge on any atom is -0.391 e. The van der Waals surface area contributed by atoms with E-state index in [0.717, 1.165) is 18.4 Å². The molecule has 12 heavy (non-hydrogen) atoms. The molecule has 0 fully saturated rings. The molecular weight excluding hydrogens is 150 g/mol. The summed E-state index contributed by atoms with van der Waals surface area (Å²) in [5.74, 6) is 0. The van der Waals surface area contributed by atoms with Gasteiger partial charge in [-0.2, -0.15) is 0 Å². The predicted octanol–water partition coefficient (Wildman–Crippen LogP) is 0.994. The van der Waals surface area contributed by atoms with Crippen molar-refractivity contribution >= 4 is 0 Å². The molecule has 2 nitrogen and oxygen atoms in total. The van der Waals surface area contributed by atoms with Gasteiger partial charge in [0, 0.05) is 0 Å². The number of fused-ring (bicyclic) bond motifs is 1. The lowest BCUT2D eigenvalue weighted by Crippen LogP contribution is -2.31. The van der Waals surface area contributed by atoms with Crippen LogP contribution in [0.3, 0.4) is 0 Å². The number of hydrogen-bond donors (Lipinski definition) is 2. The minimum atomic E-state index is -0.361. The largest absolute Gasteiger partial charge is 0.391 e. The number of aliphatic hydroxyl groups is 1. The third-order valence-corrected chi connectivity index (χ3v) is 2.54. The van der Waals surface area contributed by atoms with Gasteiger partial charge >= 0.3 is 0 Å². The van der Waals surface area contributed by atoms with Gasteiger partial charge in [-0.25, -0.2) is 0 Å². The van der Waals surface area contributed by atoms with Crippen LogP contribution in [0.15, 0.2) is 24.3 Å². The minimum absolute atomic E-state index is 0.185. The van der Waals surface area contributed by atoms with E-state index in [4.69, 9.17) is 5.73 Å². The van der Waals surface area contributed by atoms with E-state index in [0.29, 0.717) is 0 Å². The Morgan fingerprint density at radius 2 is 2.08 bits per heavy atom. The first kappa shape index (κ1) is 7.77. The second kappa shape index (κ2) is 2.88. The topological polar surface area (TPSA) is 46.2 Å². The van der Waals surface area contributed by atoms with Gasteiger partial charge in [0.1, 0.15) is 0 Å². The van der Waals surface area contributed by atoms with Gasteiger partial charge in [-0.1, -0.05) is 24.3 Å². The van der Waals surface area contributed by atoms with E-state index in [-0.39, 0.29) is 12.1 Å². The maximum absolute atomic E-state index is 9.50. The average Bonchev–Trinajstić information content (AvgIpc) is 2.12. The Bertz CT molecular complexity index is 285. The van der Waals surface area contributed by atoms with Crippen molar-refractivity contribution in [2.45, 2.75) is 25.0 Å². The van der Waals surface area contributed by atoms with Crippen LogP contribution in [-0.2, 0) is 6.42 Å². The first-order chi connectivity index (χ1) is 5.79. The van der Waals surface area contributed by atoms with Gasteiger partial charge in [0.05, 0.1) is 12.1 Å². The van der Waals surface area contributed by atoms with Crippen molar-refractivity contribution in [1.29, 1.82) is 0 Å². The van der Waals surface area contributed by atoms with Crippen LogP contribution in [0.4, 0.5) is 0 Å². The van der Waals surface area contributed by atoms with Crippen molar-refractivity contribution in [3.63, 3.8) is 0 Å². The number of nitrogens with two attached hydrogens (primary N) is 1. The quantitative estimate of drug-likeness (QED) is 0.599. The highest BCUT2D eigenvalue weighted by atomic mass is 16.3. The van der Waals surface area contributed by atoms with E-state index >= 15 is 0 Å². The molecule has 0 heterocycles. The van der Waals surface area contributed by atoms with Gasteiger partial charge in [-0.3, -0.25) is 0 Å². The Morgan fingerprint density at radius 3 is 2.92 bits per heavy atom. The van der Waals surface area contributed by atoms with E-state index in [1.165, 1.54) is 5.56 Å². The molecule has 0 saturated heterocycles. The molecule has 0 saturated carbocycles. The summed E-state index contributed by atoms with van der Waals surface area (Å²) in [7, 11) is 0. The number of benzene rings is 1. The monoisotopic (exact) mass is 163 g/mol. The Labute approximate surface area is 72.0 Å². The lowest BCUT2D eigenvalue weighted by Gasteiger charge is -2.26. The molecule has 0 bridgehead atoms. The summed E-state index contributed by atoms with van der Waals surface area (Å²) in [5, 5.41) is 9.50. The standard InChI is InChI=1S/C10H13NO/c11-10-8-4-2-1-3-7(8)5-6-9(10)12/h1-4,9-10,12H,5-6,11H2/t9-,10-/m0/s1. The van der Waals surface area contributed by atoms with Crippen LogP contribution < -0.4 is 5.73 Å². The third-order valence-electron chi connectivity index (χ3n) is 2.54. The number of aliphatic hydroxyl groups excluding tert-OH is 1. The van der Waals surface area contributed by atoms with Crippen LogP contribution in [-0.4, -0.2) is 11.2 Å². The van der Waals surface area contributed by atoms with Crippen LogP contribution in [0.2, 0.25) is 0 Å². The molecule has 0 radical (unpaired) electrons. The molecule has 1 aliphatic carbocycles. The smallest absolute Gasteiger partial charge is 0.0736 e. The molecule has 2 rings (SSSR count). The van der Waals surface area contributed by atoms with Crippen molar-refractivity contribution in [2.75, 3.05) is 0 Å². The lowest BCUT2D eigenvalue weighted by atomic mass is 9.86. The van der Waals surface area contributed by atoms with E-state index in [9.17, 15) is 5.11 Å². The van der Waals surface area contributed by atoms with Gasteiger partial charge in [0.2, 0.25) is 0 Å². The molecule has 0 amide bonds. The second-order valence-corrected chi connectivity index (χ2v) is 3.33. The van der Waals surface area contributed by atoms with Gasteiger partial charge in [-0.15, -0.1) is 0 Å². The van der Waals surface area contributed by atoms with Crippen LogP contribution in [0.5, 0.6) is 0 Å². The molecule has 0 aromatic heterocycles. The van der Waals surface area contributed by atoms with Crippen molar-refractivity contribution in [3.05, 3.63) is 35.4 Å². The van der Waals surface area contributed by atoms with Gasteiger partial charge < -0.3 is 10.8 Å². The second-order valence-electron chi connectivity index (χ2n) is 3.33. The predicted molar refractivity (Wildman–Crippen MR) is 47.7 cm³/mol. The van der Waals surface area contributed by atoms with Crippen LogP contribution in [0.25, 0.3) is 0 Å². The molecule has 0 aliphatic heterocycles. The highest BCUT2D eigenvalue weighted by Crippen LogP contribution is 2.27. The molecular formula is C10H13NO. The third kappa shape index (κ3) is 1.13. The van der Waals surface area contributed by atoms with Gasteiger partial charge in [0.15, 0.2) is 0 Å². The van der Waals surface area contributed by atoms with Crippen molar-refractivity contribution in [2.24, 2.45) is 5.73 Å². The zero-order chi connectivity index (χ0) is 8.55. The maximum Gasteiger partial charge on any atom is 0.0736 e. The Hall–Kier alpha value is -0.860. The fraction of sp³-hybridized carbons (Fsp3) is 0.400. The normalized spacial score (nSPS) is 28.2. The van der Waals surface area contributed by atoms with Crippen molar-refractivity contribution in [1.82, 2.24) is 0 Å².